The molecule has 2 fully saturated rings. The Morgan fingerprint density at radius 3 is 2.34 bits per heavy atom. The molecule has 0 aromatic heterocycles. The summed E-state index contributed by atoms with van der Waals surface area (Å²) in [6.45, 7) is 4.62. The van der Waals surface area contributed by atoms with Gasteiger partial charge in [-0.25, -0.2) is 0 Å². The van der Waals surface area contributed by atoms with Crippen LogP contribution < -0.4 is 15.0 Å². The summed E-state index contributed by atoms with van der Waals surface area (Å²) in [6, 6.07) is 15.6. The molecule has 2 saturated heterocycles. The van der Waals surface area contributed by atoms with Crippen LogP contribution in [0.2, 0.25) is 0 Å². The van der Waals surface area contributed by atoms with Gasteiger partial charge in [0.1, 0.15) is 5.75 Å². The zero-order chi connectivity index (χ0) is 22.5. The van der Waals surface area contributed by atoms with E-state index in [4.69, 9.17) is 4.74 Å². The summed E-state index contributed by atoms with van der Waals surface area (Å²) < 4.78 is 5.16. The van der Waals surface area contributed by atoms with Gasteiger partial charge >= 0.3 is 0 Å². The monoisotopic (exact) mass is 435 g/mol. The fraction of sp³-hybridized carbons (Fsp3) is 0.462. The van der Waals surface area contributed by atoms with E-state index in [1.165, 1.54) is 6.42 Å². The van der Waals surface area contributed by atoms with Crippen LogP contribution in [-0.2, 0) is 0 Å². The Morgan fingerprint density at radius 1 is 0.938 bits per heavy atom. The van der Waals surface area contributed by atoms with Gasteiger partial charge in [0.2, 0.25) is 0 Å². The highest BCUT2D eigenvalue weighted by molar-refractivity contribution is 6.00. The molecule has 0 bridgehead atoms. The molecule has 2 aromatic carbocycles. The van der Waals surface area contributed by atoms with Crippen LogP contribution in [-0.4, -0.2) is 55.5 Å². The number of carbonyl (C=O) groups excluding carboxylic acids is 2. The summed E-state index contributed by atoms with van der Waals surface area (Å²) >= 11 is 0. The van der Waals surface area contributed by atoms with Crippen LogP contribution in [0.3, 0.4) is 0 Å². The molecular formula is C26H33N3O3. The number of ether oxygens (including phenoxy) is 1. The van der Waals surface area contributed by atoms with Gasteiger partial charge in [-0.05, 0) is 75.4 Å². The fourth-order valence-corrected chi connectivity index (χ4v) is 4.76. The maximum Gasteiger partial charge on any atom is 0.256 e. The van der Waals surface area contributed by atoms with E-state index in [9.17, 15) is 9.59 Å². The van der Waals surface area contributed by atoms with Crippen LogP contribution in [0, 0.1) is 0 Å². The van der Waals surface area contributed by atoms with Crippen molar-refractivity contribution in [3.05, 3.63) is 59.7 Å². The summed E-state index contributed by atoms with van der Waals surface area (Å²) in [4.78, 5) is 30.2. The van der Waals surface area contributed by atoms with Gasteiger partial charge in [-0.1, -0.05) is 12.1 Å². The molecule has 2 heterocycles. The Kier molecular flexibility index (Phi) is 6.98. The predicted octanol–water partition coefficient (Wildman–Crippen LogP) is 4.11. The minimum atomic E-state index is -0.0548. The lowest BCUT2D eigenvalue weighted by molar-refractivity contribution is 0.0636. The van der Waals surface area contributed by atoms with Crippen molar-refractivity contribution in [3.63, 3.8) is 0 Å². The Morgan fingerprint density at radius 2 is 1.66 bits per heavy atom. The molecule has 2 amide bonds. The molecule has 1 N–H and O–H groups in total. The number of hydrogen-bond donors (Lipinski definition) is 1. The average molecular weight is 436 g/mol. The lowest BCUT2D eigenvalue weighted by Gasteiger charge is -2.37. The van der Waals surface area contributed by atoms with E-state index >= 15 is 0 Å². The first-order valence-corrected chi connectivity index (χ1v) is 11.7. The Labute approximate surface area is 190 Å². The van der Waals surface area contributed by atoms with Gasteiger partial charge in [0.05, 0.1) is 12.7 Å². The van der Waals surface area contributed by atoms with E-state index in [1.54, 1.807) is 31.4 Å². The van der Waals surface area contributed by atoms with Crippen molar-refractivity contribution in [2.75, 3.05) is 31.6 Å². The largest absolute Gasteiger partial charge is 0.497 e. The smallest absolute Gasteiger partial charge is 0.256 e. The van der Waals surface area contributed by atoms with Gasteiger partial charge in [0.15, 0.2) is 0 Å². The standard InChI is InChI=1S/C26H33N3O3/c1-19-7-5-6-16-29(19)26(31)23-8-3-4-9-24(23)28-17-14-21(15-18-28)27-25(30)20-10-12-22(32-2)13-11-20/h3-4,8-13,19,21H,5-7,14-18H2,1-2H3,(H,27,30). The van der Waals surface area contributed by atoms with Crippen molar-refractivity contribution in [1.29, 1.82) is 0 Å². The number of nitrogens with zero attached hydrogens (tertiary/aromatic N) is 2. The number of carbonyl (C=O) groups is 2. The second-order valence-electron chi connectivity index (χ2n) is 8.82. The maximum atomic E-state index is 13.3. The predicted molar refractivity (Wildman–Crippen MR) is 126 cm³/mol. The molecule has 2 aromatic rings. The molecule has 6 nitrogen and oxygen atoms in total. The molecule has 32 heavy (non-hydrogen) atoms. The highest BCUT2D eigenvalue weighted by Crippen LogP contribution is 2.28. The van der Waals surface area contributed by atoms with Crippen molar-refractivity contribution >= 4 is 17.5 Å². The van der Waals surface area contributed by atoms with Gasteiger partial charge in [0.25, 0.3) is 11.8 Å². The molecule has 1 unspecified atom stereocenters. The number of para-hydroxylation sites is 1. The van der Waals surface area contributed by atoms with Gasteiger partial charge in [-0.3, -0.25) is 9.59 Å². The van der Waals surface area contributed by atoms with Crippen LogP contribution in [0.1, 0.15) is 59.7 Å². The van der Waals surface area contributed by atoms with Gasteiger partial charge in [-0.2, -0.15) is 0 Å². The van der Waals surface area contributed by atoms with E-state index in [2.05, 4.69) is 23.2 Å². The summed E-state index contributed by atoms with van der Waals surface area (Å²) in [6.07, 6.45) is 5.06. The second kappa shape index (κ2) is 10.1. The molecule has 6 heteroatoms. The molecule has 0 spiro atoms. The van der Waals surface area contributed by atoms with Crippen LogP contribution in [0.4, 0.5) is 5.69 Å². The molecule has 4 rings (SSSR count). The van der Waals surface area contributed by atoms with Gasteiger partial charge < -0.3 is 19.9 Å². The average Bonchev–Trinajstić information content (AvgIpc) is 2.84. The third-order valence-corrected chi connectivity index (χ3v) is 6.72. The highest BCUT2D eigenvalue weighted by atomic mass is 16.5. The lowest BCUT2D eigenvalue weighted by Crippen LogP contribution is -2.46. The summed E-state index contributed by atoms with van der Waals surface area (Å²) in [5, 5.41) is 3.16. The number of nitrogens with one attached hydrogen (secondary N) is 1. The summed E-state index contributed by atoms with van der Waals surface area (Å²) in [5.74, 6) is 0.825. The van der Waals surface area contributed by atoms with Crippen molar-refractivity contribution in [1.82, 2.24) is 10.2 Å². The zero-order valence-electron chi connectivity index (χ0n) is 19.0. The van der Waals surface area contributed by atoms with Gasteiger partial charge in [-0.15, -0.1) is 0 Å². The summed E-state index contributed by atoms with van der Waals surface area (Å²) in [7, 11) is 1.61. The summed E-state index contributed by atoms with van der Waals surface area (Å²) in [5.41, 5.74) is 2.44. The van der Waals surface area contributed by atoms with E-state index in [1.807, 2.05) is 23.1 Å². The number of piperidine rings is 2. The van der Waals surface area contributed by atoms with E-state index in [0.29, 0.717) is 11.6 Å². The van der Waals surface area contributed by atoms with E-state index in [0.717, 1.165) is 62.3 Å². The molecule has 2 aliphatic heterocycles. The molecular weight excluding hydrogens is 402 g/mol. The van der Waals surface area contributed by atoms with Crippen LogP contribution in [0.25, 0.3) is 0 Å². The highest BCUT2D eigenvalue weighted by Gasteiger charge is 2.28. The molecule has 0 aliphatic carbocycles. The molecule has 1 atom stereocenters. The molecule has 2 aliphatic rings. The number of likely N-dealkylation sites (tertiary alicyclic amines) is 1. The van der Waals surface area contributed by atoms with Crippen LogP contribution in [0.5, 0.6) is 5.75 Å². The fourth-order valence-electron chi connectivity index (χ4n) is 4.76. The Bertz CT molecular complexity index is 936. The zero-order valence-corrected chi connectivity index (χ0v) is 19.0. The third kappa shape index (κ3) is 4.90. The number of anilines is 1. The minimum absolute atomic E-state index is 0.0548. The van der Waals surface area contributed by atoms with Crippen molar-refractivity contribution < 1.29 is 14.3 Å². The normalized spacial score (nSPS) is 19.5. The Hall–Kier alpha value is -3.02. The first-order chi connectivity index (χ1) is 15.6. The number of methoxy groups -OCH3 is 1. The maximum absolute atomic E-state index is 13.3. The first kappa shape index (κ1) is 22.2. The van der Waals surface area contributed by atoms with Crippen LogP contribution >= 0.6 is 0 Å². The van der Waals surface area contributed by atoms with E-state index < -0.39 is 0 Å². The minimum Gasteiger partial charge on any atom is -0.497 e. The van der Waals surface area contributed by atoms with Crippen molar-refractivity contribution in [2.45, 2.75) is 51.1 Å². The van der Waals surface area contributed by atoms with Crippen molar-refractivity contribution in [2.24, 2.45) is 0 Å². The topological polar surface area (TPSA) is 61.9 Å². The SMILES string of the molecule is COc1ccc(C(=O)NC2CCN(c3ccccc3C(=O)N3CCCCC3C)CC2)cc1. The first-order valence-electron chi connectivity index (χ1n) is 11.7. The second-order valence-corrected chi connectivity index (χ2v) is 8.82. The Balaban J connectivity index is 1.38. The quantitative estimate of drug-likeness (QED) is 0.768. The molecule has 0 saturated carbocycles. The van der Waals surface area contributed by atoms with E-state index in [-0.39, 0.29) is 17.9 Å². The lowest BCUT2D eigenvalue weighted by atomic mass is 9.99. The molecule has 170 valence electrons. The number of hydrogen-bond acceptors (Lipinski definition) is 4. The van der Waals surface area contributed by atoms with Gasteiger partial charge in [0, 0.05) is 43.0 Å². The molecule has 0 radical (unpaired) electrons. The van der Waals surface area contributed by atoms with Crippen molar-refractivity contribution in [3.8, 4) is 5.75 Å². The third-order valence-electron chi connectivity index (χ3n) is 6.72. The van der Waals surface area contributed by atoms with Crippen LogP contribution in [0.15, 0.2) is 48.5 Å². The number of rotatable bonds is 5. The number of benzene rings is 2. The number of amides is 2.